The average molecular weight is 417 g/mol. The highest BCUT2D eigenvalue weighted by atomic mass is 35.5. The molecule has 0 aliphatic carbocycles. The van der Waals surface area contributed by atoms with E-state index in [1.165, 1.54) is 6.07 Å². The lowest BCUT2D eigenvalue weighted by Crippen LogP contribution is -2.52. The smallest absolute Gasteiger partial charge is 0.251 e. The summed E-state index contributed by atoms with van der Waals surface area (Å²) in [6, 6.07) is 13.2. The lowest BCUT2D eigenvalue weighted by atomic mass is 9.89. The topological polar surface area (TPSA) is 49.4 Å². The highest BCUT2D eigenvalue weighted by molar-refractivity contribution is 6.30. The molecule has 1 saturated heterocycles. The minimum Gasteiger partial charge on any atom is -0.341 e. The molecule has 1 fully saturated rings. The van der Waals surface area contributed by atoms with Crippen molar-refractivity contribution < 1.29 is 14.0 Å². The predicted octanol–water partition coefficient (Wildman–Crippen LogP) is 4.64. The van der Waals surface area contributed by atoms with E-state index in [9.17, 15) is 14.0 Å². The standard InChI is InChI=1S/C23H26ClFN2O2/c1-15(2)21(26-22(28)17-6-4-3-5-7-17)23(29)27-12-10-16(11-13-27)18-8-9-19(24)20(25)14-18/h3-9,14-16,21H,10-13H2,1-2H3,(H,26,28)/t21-/m1/s1. The summed E-state index contributed by atoms with van der Waals surface area (Å²) in [5.41, 5.74) is 1.45. The minimum atomic E-state index is -0.577. The molecule has 0 spiro atoms. The third kappa shape index (κ3) is 5.15. The monoisotopic (exact) mass is 416 g/mol. The van der Waals surface area contributed by atoms with Gasteiger partial charge in [-0.1, -0.05) is 49.7 Å². The Morgan fingerprint density at radius 1 is 1.10 bits per heavy atom. The Labute approximate surface area is 176 Å². The van der Waals surface area contributed by atoms with E-state index in [-0.39, 0.29) is 28.7 Å². The summed E-state index contributed by atoms with van der Waals surface area (Å²) in [4.78, 5) is 27.4. The van der Waals surface area contributed by atoms with Crippen molar-refractivity contribution in [3.8, 4) is 0 Å². The number of carbonyl (C=O) groups is 2. The van der Waals surface area contributed by atoms with Gasteiger partial charge in [-0.25, -0.2) is 4.39 Å². The molecule has 6 heteroatoms. The van der Waals surface area contributed by atoms with Gasteiger partial charge in [0.1, 0.15) is 11.9 Å². The molecule has 2 aromatic rings. The zero-order valence-electron chi connectivity index (χ0n) is 16.7. The normalized spacial score (nSPS) is 16.0. The Kier molecular flexibility index (Phi) is 6.91. The summed E-state index contributed by atoms with van der Waals surface area (Å²) in [6.07, 6.45) is 1.51. The maximum Gasteiger partial charge on any atom is 0.251 e. The number of rotatable bonds is 5. The van der Waals surface area contributed by atoms with Crippen molar-refractivity contribution in [2.75, 3.05) is 13.1 Å². The maximum absolute atomic E-state index is 13.8. The molecule has 3 rings (SSSR count). The van der Waals surface area contributed by atoms with Crippen molar-refractivity contribution >= 4 is 23.4 Å². The molecule has 29 heavy (non-hydrogen) atoms. The number of nitrogens with one attached hydrogen (secondary N) is 1. The van der Waals surface area contributed by atoms with Gasteiger partial charge in [-0.05, 0) is 54.5 Å². The molecule has 2 amide bonds. The van der Waals surface area contributed by atoms with Gasteiger partial charge in [0.05, 0.1) is 5.02 Å². The fourth-order valence-corrected chi connectivity index (χ4v) is 3.84. The van der Waals surface area contributed by atoms with Crippen molar-refractivity contribution in [1.29, 1.82) is 0 Å². The fourth-order valence-electron chi connectivity index (χ4n) is 3.72. The van der Waals surface area contributed by atoms with Crippen LogP contribution >= 0.6 is 11.6 Å². The zero-order chi connectivity index (χ0) is 21.0. The number of nitrogens with zero attached hydrogens (tertiary/aromatic N) is 1. The molecular formula is C23H26ClFN2O2. The van der Waals surface area contributed by atoms with E-state index >= 15 is 0 Å². The molecule has 0 unspecified atom stereocenters. The molecule has 0 radical (unpaired) electrons. The molecule has 1 aliphatic heterocycles. The van der Waals surface area contributed by atoms with Crippen LogP contribution in [-0.2, 0) is 4.79 Å². The van der Waals surface area contributed by atoms with E-state index in [1.54, 1.807) is 35.2 Å². The third-order valence-electron chi connectivity index (χ3n) is 5.48. The van der Waals surface area contributed by atoms with Gasteiger partial charge in [-0.3, -0.25) is 9.59 Å². The maximum atomic E-state index is 13.8. The molecule has 0 aromatic heterocycles. The quantitative estimate of drug-likeness (QED) is 0.771. The Morgan fingerprint density at radius 2 is 1.76 bits per heavy atom. The average Bonchev–Trinajstić information content (AvgIpc) is 2.74. The van der Waals surface area contributed by atoms with Crippen LogP contribution in [-0.4, -0.2) is 35.8 Å². The van der Waals surface area contributed by atoms with Crippen LogP contribution < -0.4 is 5.32 Å². The third-order valence-corrected chi connectivity index (χ3v) is 5.78. The summed E-state index contributed by atoms with van der Waals surface area (Å²) in [7, 11) is 0. The Balaban J connectivity index is 1.62. The first kappa shape index (κ1) is 21.3. The number of hydrogen-bond acceptors (Lipinski definition) is 2. The number of halogens is 2. The van der Waals surface area contributed by atoms with Gasteiger partial charge in [0.25, 0.3) is 5.91 Å². The van der Waals surface area contributed by atoms with Crippen LogP contribution in [0.1, 0.15) is 48.5 Å². The Morgan fingerprint density at radius 3 is 2.34 bits per heavy atom. The van der Waals surface area contributed by atoms with Gasteiger partial charge in [0.2, 0.25) is 5.91 Å². The largest absolute Gasteiger partial charge is 0.341 e. The second kappa shape index (κ2) is 9.40. The van der Waals surface area contributed by atoms with Crippen LogP contribution in [0.15, 0.2) is 48.5 Å². The van der Waals surface area contributed by atoms with Crippen molar-refractivity contribution in [1.82, 2.24) is 10.2 Å². The van der Waals surface area contributed by atoms with Crippen molar-refractivity contribution in [3.05, 3.63) is 70.5 Å². The molecular weight excluding hydrogens is 391 g/mol. The summed E-state index contributed by atoms with van der Waals surface area (Å²) >= 11 is 5.77. The highest BCUT2D eigenvalue weighted by Gasteiger charge is 2.31. The Hall–Kier alpha value is -2.40. The van der Waals surface area contributed by atoms with Crippen LogP contribution in [0.4, 0.5) is 4.39 Å². The van der Waals surface area contributed by atoms with E-state index in [0.29, 0.717) is 18.7 Å². The predicted molar refractivity (Wildman–Crippen MR) is 112 cm³/mol. The number of likely N-dealkylation sites (tertiary alicyclic amines) is 1. The van der Waals surface area contributed by atoms with Gasteiger partial charge in [0.15, 0.2) is 0 Å². The van der Waals surface area contributed by atoms with E-state index in [1.807, 2.05) is 26.0 Å². The fraction of sp³-hybridized carbons (Fsp3) is 0.391. The molecule has 1 atom stereocenters. The zero-order valence-corrected chi connectivity index (χ0v) is 17.5. The Bertz CT molecular complexity index is 864. The molecule has 1 N–H and O–H groups in total. The van der Waals surface area contributed by atoms with Crippen LogP contribution in [0.2, 0.25) is 5.02 Å². The summed E-state index contributed by atoms with van der Waals surface area (Å²) < 4.78 is 13.8. The molecule has 0 saturated carbocycles. The lowest BCUT2D eigenvalue weighted by molar-refractivity contribution is -0.135. The number of amides is 2. The van der Waals surface area contributed by atoms with Crippen molar-refractivity contribution in [2.45, 2.75) is 38.6 Å². The minimum absolute atomic E-state index is 0.0294. The molecule has 2 aromatic carbocycles. The number of benzene rings is 2. The van der Waals surface area contributed by atoms with E-state index in [4.69, 9.17) is 11.6 Å². The number of hydrogen-bond donors (Lipinski definition) is 1. The van der Waals surface area contributed by atoms with Gasteiger partial charge in [0, 0.05) is 18.7 Å². The number of piperidine rings is 1. The lowest BCUT2D eigenvalue weighted by Gasteiger charge is -2.35. The molecule has 154 valence electrons. The van der Waals surface area contributed by atoms with E-state index < -0.39 is 11.9 Å². The van der Waals surface area contributed by atoms with Crippen LogP contribution in [0.25, 0.3) is 0 Å². The van der Waals surface area contributed by atoms with Crippen molar-refractivity contribution in [3.63, 3.8) is 0 Å². The second-order valence-electron chi connectivity index (χ2n) is 7.83. The first-order valence-corrected chi connectivity index (χ1v) is 10.3. The highest BCUT2D eigenvalue weighted by Crippen LogP contribution is 2.30. The summed E-state index contributed by atoms with van der Waals surface area (Å²) in [5, 5.41) is 3.01. The first-order valence-electron chi connectivity index (χ1n) is 9.96. The molecule has 1 aliphatic rings. The van der Waals surface area contributed by atoms with Crippen LogP contribution in [0.5, 0.6) is 0 Å². The first-order chi connectivity index (χ1) is 13.9. The van der Waals surface area contributed by atoms with Gasteiger partial charge >= 0.3 is 0 Å². The number of carbonyl (C=O) groups excluding carboxylic acids is 2. The summed E-state index contributed by atoms with van der Waals surface area (Å²) in [6.45, 7) is 5.02. The van der Waals surface area contributed by atoms with Gasteiger partial charge in [-0.15, -0.1) is 0 Å². The molecule has 0 bridgehead atoms. The van der Waals surface area contributed by atoms with Gasteiger partial charge < -0.3 is 10.2 Å². The SMILES string of the molecule is CC(C)[C@@H](NC(=O)c1ccccc1)C(=O)N1CCC(c2ccc(Cl)c(F)c2)CC1. The van der Waals surface area contributed by atoms with Crippen LogP contribution in [0, 0.1) is 11.7 Å². The molecule has 4 nitrogen and oxygen atoms in total. The van der Waals surface area contributed by atoms with Crippen LogP contribution in [0.3, 0.4) is 0 Å². The van der Waals surface area contributed by atoms with E-state index in [0.717, 1.165) is 18.4 Å². The van der Waals surface area contributed by atoms with E-state index in [2.05, 4.69) is 5.32 Å². The van der Waals surface area contributed by atoms with Gasteiger partial charge in [-0.2, -0.15) is 0 Å². The van der Waals surface area contributed by atoms with Crippen molar-refractivity contribution in [2.24, 2.45) is 5.92 Å². The molecule has 1 heterocycles. The second-order valence-corrected chi connectivity index (χ2v) is 8.24. The summed E-state index contributed by atoms with van der Waals surface area (Å²) in [5.74, 6) is -0.555.